The second-order valence-corrected chi connectivity index (χ2v) is 8.89. The molecular formula is C30H27ClN2O4. The van der Waals surface area contributed by atoms with Crippen LogP contribution < -0.4 is 0 Å². The lowest BCUT2D eigenvalue weighted by atomic mass is 9.94. The van der Waals surface area contributed by atoms with Gasteiger partial charge in [0.2, 0.25) is 0 Å². The fraction of sp³-hybridized carbons (Fsp3) is 0.167. The minimum absolute atomic E-state index is 0.0458. The van der Waals surface area contributed by atoms with Crippen molar-refractivity contribution in [3.63, 3.8) is 0 Å². The number of aliphatic hydroxyl groups excluding tert-OH is 1. The fourth-order valence-corrected chi connectivity index (χ4v) is 4.24. The fourth-order valence-electron chi connectivity index (χ4n) is 4.06. The Labute approximate surface area is 221 Å². The van der Waals surface area contributed by atoms with Crippen LogP contribution in [0.3, 0.4) is 0 Å². The first-order valence-corrected chi connectivity index (χ1v) is 12.3. The third kappa shape index (κ3) is 7.03. The van der Waals surface area contributed by atoms with Gasteiger partial charge < -0.3 is 9.84 Å². The molecule has 4 rings (SSSR count). The third-order valence-corrected chi connectivity index (χ3v) is 6.30. The number of ether oxygens (including phenoxy) is 1. The predicted octanol–water partition coefficient (Wildman–Crippen LogP) is 5.84. The minimum atomic E-state index is -0.650. The van der Waals surface area contributed by atoms with E-state index in [-0.39, 0.29) is 37.2 Å². The van der Waals surface area contributed by atoms with E-state index in [0.717, 1.165) is 16.7 Å². The normalized spacial score (nSPS) is 10.6. The van der Waals surface area contributed by atoms with E-state index in [0.29, 0.717) is 23.1 Å². The molecular weight excluding hydrogens is 488 g/mol. The van der Waals surface area contributed by atoms with E-state index in [9.17, 15) is 14.7 Å². The summed E-state index contributed by atoms with van der Waals surface area (Å²) in [4.78, 5) is 32.0. The third-order valence-electron chi connectivity index (χ3n) is 5.96. The van der Waals surface area contributed by atoms with Gasteiger partial charge in [-0.1, -0.05) is 96.5 Å². The molecule has 0 aliphatic heterocycles. The van der Waals surface area contributed by atoms with Crippen LogP contribution >= 0.6 is 11.6 Å². The molecule has 7 heteroatoms. The Morgan fingerprint density at radius 3 is 2.19 bits per heavy atom. The molecule has 0 unspecified atom stereocenters. The van der Waals surface area contributed by atoms with Gasteiger partial charge in [-0.2, -0.15) is 0 Å². The van der Waals surface area contributed by atoms with Crippen LogP contribution in [0.1, 0.15) is 38.2 Å². The van der Waals surface area contributed by atoms with Gasteiger partial charge in [-0.15, -0.1) is 0 Å². The summed E-state index contributed by atoms with van der Waals surface area (Å²) in [5.41, 5.74) is 4.26. The summed E-state index contributed by atoms with van der Waals surface area (Å²) in [6, 6.07) is 28.0. The van der Waals surface area contributed by atoms with Crippen LogP contribution in [0.4, 0.5) is 4.79 Å². The highest BCUT2D eigenvalue weighted by molar-refractivity contribution is 6.30. The summed E-state index contributed by atoms with van der Waals surface area (Å²) in [6.45, 7) is -0.429. The van der Waals surface area contributed by atoms with Crippen LogP contribution in [0.2, 0.25) is 5.15 Å². The topological polar surface area (TPSA) is 79.7 Å². The first-order valence-electron chi connectivity index (χ1n) is 11.9. The van der Waals surface area contributed by atoms with Gasteiger partial charge in [0.1, 0.15) is 11.8 Å². The molecule has 0 spiro atoms. The Morgan fingerprint density at radius 1 is 0.838 bits per heavy atom. The zero-order valence-corrected chi connectivity index (χ0v) is 21.0. The van der Waals surface area contributed by atoms with Crippen molar-refractivity contribution in [2.24, 2.45) is 0 Å². The molecule has 188 valence electrons. The first kappa shape index (κ1) is 26.1. The highest BCUT2D eigenvalue weighted by Gasteiger charge is 2.23. The van der Waals surface area contributed by atoms with Crippen molar-refractivity contribution in [2.45, 2.75) is 26.2 Å². The van der Waals surface area contributed by atoms with E-state index in [2.05, 4.69) is 4.98 Å². The number of aliphatic hydroxyl groups is 1. The summed E-state index contributed by atoms with van der Waals surface area (Å²) < 4.78 is 5.52. The number of Topliss-reactive ketones (excluding diaryl/α,β-unsaturated/α-hetero) is 1. The van der Waals surface area contributed by atoms with Crippen LogP contribution in [0.5, 0.6) is 0 Å². The number of nitrogens with zero attached hydrogens (tertiary/aromatic N) is 2. The average Bonchev–Trinajstić information content (AvgIpc) is 2.93. The number of carbonyl (C=O) groups excluding carboxylic acids is 2. The molecule has 0 atom stereocenters. The number of aromatic nitrogens is 1. The zero-order valence-electron chi connectivity index (χ0n) is 20.2. The molecule has 3 aromatic carbocycles. The number of pyridine rings is 1. The molecule has 1 N–H and O–H groups in total. The SMILES string of the molecule is O=C(CN(Cc1cccnc1Cl)C(=O)OCc1ccccc1)c1cccc(Cc2ccccc2)c1CO. The van der Waals surface area contributed by atoms with E-state index < -0.39 is 6.09 Å². The molecule has 4 aromatic rings. The Balaban J connectivity index is 1.56. The second kappa shape index (κ2) is 12.8. The Kier molecular flexibility index (Phi) is 9.03. The van der Waals surface area contributed by atoms with Crippen molar-refractivity contribution in [3.8, 4) is 0 Å². The van der Waals surface area contributed by atoms with Crippen LogP contribution in [-0.4, -0.2) is 33.4 Å². The van der Waals surface area contributed by atoms with Gasteiger partial charge in [0.05, 0.1) is 19.7 Å². The quantitative estimate of drug-likeness (QED) is 0.212. The largest absolute Gasteiger partial charge is 0.445 e. The number of carbonyl (C=O) groups is 2. The van der Waals surface area contributed by atoms with Crippen molar-refractivity contribution in [3.05, 3.63) is 136 Å². The predicted molar refractivity (Wildman–Crippen MR) is 142 cm³/mol. The maximum absolute atomic E-state index is 13.5. The van der Waals surface area contributed by atoms with Crippen molar-refractivity contribution < 1.29 is 19.4 Å². The van der Waals surface area contributed by atoms with E-state index in [1.165, 1.54) is 4.90 Å². The molecule has 0 saturated carbocycles. The molecule has 0 aliphatic rings. The Hall–Kier alpha value is -4.00. The van der Waals surface area contributed by atoms with E-state index in [4.69, 9.17) is 16.3 Å². The maximum atomic E-state index is 13.5. The van der Waals surface area contributed by atoms with Gasteiger partial charge in [0, 0.05) is 17.3 Å². The van der Waals surface area contributed by atoms with E-state index >= 15 is 0 Å². The number of amides is 1. The summed E-state index contributed by atoms with van der Waals surface area (Å²) in [7, 11) is 0. The molecule has 0 radical (unpaired) electrons. The van der Waals surface area contributed by atoms with Crippen LogP contribution in [-0.2, 0) is 30.9 Å². The Bertz CT molecular complexity index is 1350. The van der Waals surface area contributed by atoms with Crippen LogP contribution in [0, 0.1) is 0 Å². The molecule has 0 bridgehead atoms. The first-order chi connectivity index (χ1) is 18.0. The van der Waals surface area contributed by atoms with Crippen molar-refractivity contribution in [1.82, 2.24) is 9.88 Å². The lowest BCUT2D eigenvalue weighted by molar-refractivity contribution is 0.0785. The number of halogens is 1. The molecule has 0 aliphatic carbocycles. The lowest BCUT2D eigenvalue weighted by Gasteiger charge is -2.23. The van der Waals surface area contributed by atoms with Gasteiger partial charge in [0.25, 0.3) is 0 Å². The molecule has 0 saturated heterocycles. The maximum Gasteiger partial charge on any atom is 0.410 e. The summed E-state index contributed by atoms with van der Waals surface area (Å²) in [5, 5.41) is 10.4. The average molecular weight is 515 g/mol. The van der Waals surface area contributed by atoms with Gasteiger partial charge in [0.15, 0.2) is 5.78 Å². The van der Waals surface area contributed by atoms with Crippen molar-refractivity contribution in [1.29, 1.82) is 0 Å². The van der Waals surface area contributed by atoms with E-state index in [1.807, 2.05) is 66.7 Å². The monoisotopic (exact) mass is 514 g/mol. The number of hydrogen-bond donors (Lipinski definition) is 1. The molecule has 37 heavy (non-hydrogen) atoms. The number of ketones is 1. The number of rotatable bonds is 10. The summed E-state index contributed by atoms with van der Waals surface area (Å²) in [5.74, 6) is -0.310. The molecule has 1 heterocycles. The molecule has 1 amide bonds. The van der Waals surface area contributed by atoms with Crippen LogP contribution in [0.15, 0.2) is 97.2 Å². The number of hydrogen-bond acceptors (Lipinski definition) is 5. The van der Waals surface area contributed by atoms with Gasteiger partial charge in [-0.05, 0) is 34.7 Å². The van der Waals surface area contributed by atoms with Crippen molar-refractivity contribution >= 4 is 23.5 Å². The number of benzene rings is 3. The second-order valence-electron chi connectivity index (χ2n) is 8.54. The van der Waals surface area contributed by atoms with Crippen LogP contribution in [0.25, 0.3) is 0 Å². The van der Waals surface area contributed by atoms with Gasteiger partial charge in [-0.3, -0.25) is 9.69 Å². The van der Waals surface area contributed by atoms with Gasteiger partial charge in [-0.25, -0.2) is 9.78 Å². The minimum Gasteiger partial charge on any atom is -0.445 e. The standard InChI is InChI=1S/C30H27ClN2O4/c31-29-25(14-8-16-32-29)18-33(30(36)37-21-23-11-5-2-6-12-23)19-28(35)26-15-7-13-24(27(26)20-34)17-22-9-3-1-4-10-22/h1-16,34H,17-21H2. The zero-order chi connectivity index (χ0) is 26.0. The summed E-state index contributed by atoms with van der Waals surface area (Å²) in [6.07, 6.45) is 1.48. The highest BCUT2D eigenvalue weighted by Crippen LogP contribution is 2.21. The summed E-state index contributed by atoms with van der Waals surface area (Å²) >= 11 is 6.24. The smallest absolute Gasteiger partial charge is 0.410 e. The lowest BCUT2D eigenvalue weighted by Crippen LogP contribution is -2.36. The molecule has 0 fully saturated rings. The Morgan fingerprint density at radius 2 is 1.51 bits per heavy atom. The van der Waals surface area contributed by atoms with Crippen molar-refractivity contribution in [2.75, 3.05) is 6.54 Å². The molecule has 1 aromatic heterocycles. The molecule has 6 nitrogen and oxygen atoms in total. The van der Waals surface area contributed by atoms with Gasteiger partial charge >= 0.3 is 6.09 Å². The highest BCUT2D eigenvalue weighted by atomic mass is 35.5. The van der Waals surface area contributed by atoms with E-state index in [1.54, 1.807) is 30.5 Å².